The maximum atomic E-state index is 12.8. The van der Waals surface area contributed by atoms with Gasteiger partial charge in [-0.1, -0.05) is 19.3 Å². The highest BCUT2D eigenvalue weighted by atomic mass is 16.2. The number of piperazine rings is 1. The van der Waals surface area contributed by atoms with Gasteiger partial charge in [0.2, 0.25) is 0 Å². The van der Waals surface area contributed by atoms with Crippen LogP contribution in [0.2, 0.25) is 0 Å². The van der Waals surface area contributed by atoms with Crippen LogP contribution in [0.3, 0.4) is 0 Å². The Morgan fingerprint density at radius 3 is 2.26 bits per heavy atom. The molecule has 0 unspecified atom stereocenters. The average molecular weight is 467 g/mol. The Morgan fingerprint density at radius 2 is 1.62 bits per heavy atom. The van der Waals surface area contributed by atoms with Crippen molar-refractivity contribution in [1.82, 2.24) is 20.0 Å². The van der Waals surface area contributed by atoms with E-state index >= 15 is 0 Å². The van der Waals surface area contributed by atoms with Gasteiger partial charge in [0.25, 0.3) is 5.91 Å². The summed E-state index contributed by atoms with van der Waals surface area (Å²) >= 11 is 0. The summed E-state index contributed by atoms with van der Waals surface area (Å²) < 4.78 is 1.72. The molecule has 3 amide bonds. The minimum atomic E-state index is -0.166. The third-order valence-electron chi connectivity index (χ3n) is 7.16. The van der Waals surface area contributed by atoms with Gasteiger partial charge in [0.1, 0.15) is 5.69 Å². The molecule has 2 fully saturated rings. The van der Waals surface area contributed by atoms with Crippen molar-refractivity contribution in [2.75, 3.05) is 36.4 Å². The number of carbonyl (C=O) groups excluding carboxylic acids is 2. The monoisotopic (exact) mass is 466 g/mol. The van der Waals surface area contributed by atoms with Gasteiger partial charge < -0.3 is 20.4 Å². The normalized spacial score (nSPS) is 18.1. The summed E-state index contributed by atoms with van der Waals surface area (Å²) in [6.45, 7) is 9.16. The van der Waals surface area contributed by atoms with E-state index < -0.39 is 0 Å². The van der Waals surface area contributed by atoms with Crippen LogP contribution in [-0.2, 0) is 0 Å². The fourth-order valence-electron chi connectivity index (χ4n) is 5.06. The minimum absolute atomic E-state index is 0.0661. The summed E-state index contributed by atoms with van der Waals surface area (Å²) in [6.07, 6.45) is 8.01. The standard InChI is InChI=1S/C26H38N6O2/c1-19(2)32-24(13-14-27-32)25(33)29-22-9-11-23(12-10-22)30-15-17-31(18-16-30)26(34)28-20(3)21-7-5-4-6-8-21/h9-14,19-21H,4-8,15-18H2,1-3H3,(H,28,34)(H,29,33)/t20-/m0/s1. The van der Waals surface area contributed by atoms with Crippen LogP contribution in [0, 0.1) is 5.92 Å². The number of anilines is 2. The second-order valence-electron chi connectivity index (χ2n) is 9.87. The summed E-state index contributed by atoms with van der Waals surface area (Å²) in [5.74, 6) is 0.449. The van der Waals surface area contributed by atoms with Crippen molar-refractivity contribution >= 4 is 23.3 Å². The van der Waals surface area contributed by atoms with Gasteiger partial charge in [0.15, 0.2) is 0 Å². The van der Waals surface area contributed by atoms with Crippen LogP contribution in [-0.4, -0.2) is 58.8 Å². The molecular formula is C26H38N6O2. The van der Waals surface area contributed by atoms with Gasteiger partial charge in [0, 0.05) is 55.8 Å². The van der Waals surface area contributed by atoms with E-state index in [1.54, 1.807) is 16.9 Å². The average Bonchev–Trinajstić information content (AvgIpc) is 3.36. The largest absolute Gasteiger partial charge is 0.368 e. The number of nitrogens with zero attached hydrogens (tertiary/aromatic N) is 4. The van der Waals surface area contributed by atoms with Crippen molar-refractivity contribution in [3.8, 4) is 0 Å². The maximum absolute atomic E-state index is 12.8. The second-order valence-corrected chi connectivity index (χ2v) is 9.87. The van der Waals surface area contributed by atoms with Gasteiger partial charge in [-0.15, -0.1) is 0 Å². The lowest BCUT2D eigenvalue weighted by Crippen LogP contribution is -2.54. The first-order valence-corrected chi connectivity index (χ1v) is 12.7. The van der Waals surface area contributed by atoms with Crippen LogP contribution in [0.15, 0.2) is 36.5 Å². The van der Waals surface area contributed by atoms with E-state index in [0.29, 0.717) is 24.7 Å². The number of aromatic nitrogens is 2. The lowest BCUT2D eigenvalue weighted by molar-refractivity contribution is 0.101. The quantitative estimate of drug-likeness (QED) is 0.656. The SMILES string of the molecule is CC(C)n1nccc1C(=O)Nc1ccc(N2CCN(C(=O)N[C@@H](C)C3CCCCC3)CC2)cc1. The smallest absolute Gasteiger partial charge is 0.317 e. The molecule has 34 heavy (non-hydrogen) atoms. The van der Waals surface area contributed by atoms with Crippen molar-refractivity contribution in [3.05, 3.63) is 42.2 Å². The van der Waals surface area contributed by atoms with Gasteiger partial charge in [-0.05, 0) is 69.9 Å². The number of rotatable bonds is 6. The van der Waals surface area contributed by atoms with E-state index in [1.807, 2.05) is 43.0 Å². The number of urea groups is 1. The highest BCUT2D eigenvalue weighted by Crippen LogP contribution is 2.26. The summed E-state index contributed by atoms with van der Waals surface area (Å²) in [7, 11) is 0. The molecule has 1 aromatic carbocycles. The van der Waals surface area contributed by atoms with Gasteiger partial charge in [-0.25, -0.2) is 4.79 Å². The molecule has 2 heterocycles. The fraction of sp³-hybridized carbons (Fsp3) is 0.577. The molecule has 2 aromatic rings. The zero-order valence-electron chi connectivity index (χ0n) is 20.7. The number of carbonyl (C=O) groups is 2. The number of amides is 3. The molecule has 0 radical (unpaired) electrons. The van der Waals surface area contributed by atoms with Gasteiger partial charge >= 0.3 is 6.03 Å². The summed E-state index contributed by atoms with van der Waals surface area (Å²) in [4.78, 5) is 29.6. The van der Waals surface area contributed by atoms with E-state index in [1.165, 1.54) is 32.1 Å². The van der Waals surface area contributed by atoms with Gasteiger partial charge in [-0.3, -0.25) is 9.48 Å². The highest BCUT2D eigenvalue weighted by molar-refractivity contribution is 6.03. The Morgan fingerprint density at radius 1 is 0.941 bits per heavy atom. The molecule has 184 valence electrons. The Balaban J connectivity index is 1.26. The third kappa shape index (κ3) is 5.72. The number of nitrogens with one attached hydrogen (secondary N) is 2. The molecule has 2 aliphatic rings. The Labute approximate surface area is 202 Å². The van der Waals surface area contributed by atoms with Crippen LogP contribution in [0.5, 0.6) is 0 Å². The Kier molecular flexibility index (Phi) is 7.75. The third-order valence-corrected chi connectivity index (χ3v) is 7.16. The van der Waals surface area contributed by atoms with Crippen LogP contribution >= 0.6 is 0 Å². The second kappa shape index (κ2) is 10.9. The molecule has 0 spiro atoms. The fourth-order valence-corrected chi connectivity index (χ4v) is 5.06. The maximum Gasteiger partial charge on any atom is 0.317 e. The molecule has 1 atom stereocenters. The van der Waals surface area contributed by atoms with Crippen LogP contribution < -0.4 is 15.5 Å². The van der Waals surface area contributed by atoms with Gasteiger partial charge in [-0.2, -0.15) is 5.10 Å². The zero-order chi connectivity index (χ0) is 24.1. The molecule has 1 aliphatic heterocycles. The molecule has 1 aliphatic carbocycles. The van der Waals surface area contributed by atoms with Crippen molar-refractivity contribution < 1.29 is 9.59 Å². The summed E-state index contributed by atoms with van der Waals surface area (Å²) in [6, 6.07) is 10.1. The Hall–Kier alpha value is -3.03. The lowest BCUT2D eigenvalue weighted by Gasteiger charge is -2.37. The van der Waals surface area contributed by atoms with Crippen molar-refractivity contribution in [2.45, 2.75) is 65.0 Å². The molecule has 1 aromatic heterocycles. The van der Waals surface area contributed by atoms with Crippen molar-refractivity contribution in [3.63, 3.8) is 0 Å². The lowest BCUT2D eigenvalue weighted by atomic mass is 9.84. The van der Waals surface area contributed by atoms with E-state index in [4.69, 9.17) is 0 Å². The van der Waals surface area contributed by atoms with E-state index in [9.17, 15) is 9.59 Å². The Bertz CT molecular complexity index is 956. The molecule has 1 saturated heterocycles. The molecule has 0 bridgehead atoms. The van der Waals surface area contributed by atoms with Gasteiger partial charge in [0.05, 0.1) is 0 Å². The molecular weight excluding hydrogens is 428 g/mol. The molecule has 1 saturated carbocycles. The van der Waals surface area contributed by atoms with Crippen LogP contribution in [0.1, 0.15) is 69.4 Å². The predicted molar refractivity (Wildman–Crippen MR) is 135 cm³/mol. The molecule has 8 nitrogen and oxygen atoms in total. The van der Waals surface area contributed by atoms with Crippen molar-refractivity contribution in [1.29, 1.82) is 0 Å². The van der Waals surface area contributed by atoms with Crippen LogP contribution in [0.25, 0.3) is 0 Å². The van der Waals surface area contributed by atoms with E-state index in [0.717, 1.165) is 24.5 Å². The zero-order valence-corrected chi connectivity index (χ0v) is 20.7. The first-order chi connectivity index (χ1) is 16.4. The summed E-state index contributed by atoms with van der Waals surface area (Å²) in [5.41, 5.74) is 2.40. The first-order valence-electron chi connectivity index (χ1n) is 12.7. The predicted octanol–water partition coefficient (Wildman–Crippen LogP) is 4.52. The molecule has 4 rings (SSSR count). The number of benzene rings is 1. The molecule has 2 N–H and O–H groups in total. The highest BCUT2D eigenvalue weighted by Gasteiger charge is 2.26. The first kappa shape index (κ1) is 24.1. The van der Waals surface area contributed by atoms with E-state index in [-0.39, 0.29) is 24.0 Å². The summed E-state index contributed by atoms with van der Waals surface area (Å²) in [5, 5.41) is 10.4. The number of hydrogen-bond acceptors (Lipinski definition) is 4. The van der Waals surface area contributed by atoms with E-state index in [2.05, 4.69) is 27.6 Å². The molecule has 8 heteroatoms. The minimum Gasteiger partial charge on any atom is -0.368 e. The van der Waals surface area contributed by atoms with Crippen LogP contribution in [0.4, 0.5) is 16.2 Å². The van der Waals surface area contributed by atoms with Crippen molar-refractivity contribution in [2.24, 2.45) is 5.92 Å². The number of hydrogen-bond donors (Lipinski definition) is 2. The topological polar surface area (TPSA) is 82.5 Å².